The molecule has 0 unspecified atom stereocenters. The molecule has 0 bridgehead atoms. The molecule has 1 N–H and O–H groups in total. The second-order valence-electron chi connectivity index (χ2n) is 7.76. The Morgan fingerprint density at radius 1 is 1.13 bits per heavy atom. The van der Waals surface area contributed by atoms with Gasteiger partial charge in [-0.3, -0.25) is 4.79 Å². The number of benzene rings is 2. The maximum absolute atomic E-state index is 13.5. The van der Waals surface area contributed by atoms with Crippen LogP contribution in [0.15, 0.2) is 59.5 Å². The number of piperidine rings is 1. The zero-order valence-electron chi connectivity index (χ0n) is 17.4. The summed E-state index contributed by atoms with van der Waals surface area (Å²) in [6, 6.07) is 15.9. The number of carbonyl (C=O) groups is 1. The Bertz CT molecular complexity index is 945. The fraction of sp³-hybridized carbons (Fsp3) is 0.435. The van der Waals surface area contributed by atoms with Gasteiger partial charge in [-0.25, -0.2) is 8.42 Å². The Labute approximate surface area is 183 Å². The monoisotopic (exact) mass is 447 g/mol. The molecular formula is C23H29NO4S2. The molecule has 0 saturated carbocycles. The summed E-state index contributed by atoms with van der Waals surface area (Å²) in [7, 11) is -3.83. The fourth-order valence-electron chi connectivity index (χ4n) is 3.83. The third-order valence-electron chi connectivity index (χ3n) is 5.59. The van der Waals surface area contributed by atoms with Crippen LogP contribution in [-0.2, 0) is 14.8 Å². The highest BCUT2D eigenvalue weighted by atomic mass is 32.2. The van der Waals surface area contributed by atoms with Gasteiger partial charge >= 0.3 is 5.97 Å². The van der Waals surface area contributed by atoms with Gasteiger partial charge in [-0.15, -0.1) is 0 Å². The molecule has 30 heavy (non-hydrogen) atoms. The molecule has 0 aliphatic carbocycles. The Kier molecular flexibility index (Phi) is 7.60. The molecule has 3 rings (SSSR count). The van der Waals surface area contributed by atoms with Crippen molar-refractivity contribution < 1.29 is 18.3 Å². The summed E-state index contributed by atoms with van der Waals surface area (Å²) < 4.78 is 28.5. The van der Waals surface area contributed by atoms with E-state index >= 15 is 0 Å². The molecule has 1 aliphatic heterocycles. The van der Waals surface area contributed by atoms with Crippen molar-refractivity contribution >= 4 is 27.8 Å². The van der Waals surface area contributed by atoms with Gasteiger partial charge in [-0.1, -0.05) is 61.4 Å². The maximum atomic E-state index is 13.5. The number of nitrogens with zero attached hydrogens (tertiary/aromatic N) is 1. The van der Waals surface area contributed by atoms with Crippen molar-refractivity contribution in [3.05, 3.63) is 65.7 Å². The molecule has 0 radical (unpaired) electrons. The minimum absolute atomic E-state index is 0.0190. The van der Waals surface area contributed by atoms with Gasteiger partial charge in [0.05, 0.1) is 16.9 Å². The van der Waals surface area contributed by atoms with Crippen LogP contribution in [0.5, 0.6) is 0 Å². The van der Waals surface area contributed by atoms with Crippen LogP contribution in [0.25, 0.3) is 0 Å². The smallest absolute Gasteiger partial charge is 0.308 e. The topological polar surface area (TPSA) is 74.7 Å². The van der Waals surface area contributed by atoms with Gasteiger partial charge in [0, 0.05) is 11.8 Å². The van der Waals surface area contributed by atoms with Crippen molar-refractivity contribution in [1.29, 1.82) is 0 Å². The molecule has 5 nitrogen and oxygen atoms in total. The molecule has 1 saturated heterocycles. The summed E-state index contributed by atoms with van der Waals surface area (Å²) in [6.07, 6.45) is 2.56. The van der Waals surface area contributed by atoms with E-state index in [1.165, 1.54) is 4.31 Å². The van der Waals surface area contributed by atoms with Crippen molar-refractivity contribution in [2.45, 2.75) is 49.3 Å². The quantitative estimate of drug-likeness (QED) is 0.592. The molecular weight excluding hydrogens is 418 g/mol. The second-order valence-corrected chi connectivity index (χ2v) is 11.0. The lowest BCUT2D eigenvalue weighted by Crippen LogP contribution is -2.49. The average Bonchev–Trinajstić information content (AvgIpc) is 2.74. The lowest BCUT2D eigenvalue weighted by molar-refractivity contribution is -0.143. The van der Waals surface area contributed by atoms with Gasteiger partial charge in [-0.05, 0) is 43.2 Å². The van der Waals surface area contributed by atoms with Crippen molar-refractivity contribution in [2.75, 3.05) is 12.3 Å². The van der Waals surface area contributed by atoms with Crippen LogP contribution in [0.3, 0.4) is 0 Å². The third kappa shape index (κ3) is 5.07. The van der Waals surface area contributed by atoms with E-state index in [-0.39, 0.29) is 22.7 Å². The highest BCUT2D eigenvalue weighted by Gasteiger charge is 2.45. The first kappa shape index (κ1) is 22.8. The summed E-state index contributed by atoms with van der Waals surface area (Å²) >= 11 is 1.66. The van der Waals surface area contributed by atoms with Crippen LogP contribution in [0.4, 0.5) is 0 Å². The van der Waals surface area contributed by atoms with E-state index in [4.69, 9.17) is 0 Å². The molecule has 3 atom stereocenters. The summed E-state index contributed by atoms with van der Waals surface area (Å²) in [4.78, 5) is 12.3. The zero-order valence-corrected chi connectivity index (χ0v) is 19.0. The molecule has 162 valence electrons. The average molecular weight is 448 g/mol. The molecule has 0 spiro atoms. The third-order valence-corrected chi connectivity index (χ3v) is 8.95. The van der Waals surface area contributed by atoms with Gasteiger partial charge < -0.3 is 5.11 Å². The van der Waals surface area contributed by atoms with Crippen LogP contribution < -0.4 is 0 Å². The summed E-state index contributed by atoms with van der Waals surface area (Å²) in [6.45, 7) is 4.00. The van der Waals surface area contributed by atoms with Gasteiger partial charge in [0.25, 0.3) is 0 Å². The molecule has 2 aromatic carbocycles. The lowest BCUT2D eigenvalue weighted by Gasteiger charge is -2.41. The van der Waals surface area contributed by atoms with Gasteiger partial charge in [0.1, 0.15) is 0 Å². The van der Waals surface area contributed by atoms with Gasteiger partial charge in [0.2, 0.25) is 10.0 Å². The van der Waals surface area contributed by atoms with E-state index in [0.717, 1.165) is 29.7 Å². The summed E-state index contributed by atoms with van der Waals surface area (Å²) in [5.41, 5.74) is 1.88. The highest BCUT2D eigenvalue weighted by Crippen LogP contribution is 2.42. The molecule has 0 aromatic heterocycles. The Hall–Kier alpha value is -1.83. The van der Waals surface area contributed by atoms with Crippen LogP contribution in [0.1, 0.15) is 43.4 Å². The van der Waals surface area contributed by atoms with Crippen molar-refractivity contribution in [3.63, 3.8) is 0 Å². The van der Waals surface area contributed by atoms with Crippen molar-refractivity contribution in [3.8, 4) is 0 Å². The fourth-order valence-corrected chi connectivity index (χ4v) is 6.99. The number of hydrogen-bond donors (Lipinski definition) is 1. The minimum atomic E-state index is -3.83. The number of carboxylic acid groups (broad SMARTS) is 1. The number of rotatable bonds is 8. The Balaban J connectivity index is 2.00. The minimum Gasteiger partial charge on any atom is -0.481 e. The van der Waals surface area contributed by atoms with Crippen LogP contribution in [0, 0.1) is 12.8 Å². The van der Waals surface area contributed by atoms with Crippen LogP contribution in [0.2, 0.25) is 0 Å². The van der Waals surface area contributed by atoms with E-state index in [9.17, 15) is 18.3 Å². The summed E-state index contributed by atoms with van der Waals surface area (Å²) in [5.74, 6) is -0.774. The van der Waals surface area contributed by atoms with E-state index in [1.807, 2.05) is 37.3 Å². The zero-order chi connectivity index (χ0) is 21.7. The standard InChI is InChI=1S/C23H29NO4S2/c1-3-4-14-29-22-15-21(18-8-6-5-7-9-18)24(16-20(22)23(25)26)30(27,28)19-12-10-17(2)11-13-19/h5-13,20-22H,3-4,14-16H2,1-2H3,(H,25,26)/t20-,21+,22-/m1/s1. The number of aliphatic carboxylic acids is 1. The first-order chi connectivity index (χ1) is 14.3. The highest BCUT2D eigenvalue weighted by molar-refractivity contribution is 7.99. The normalized spacial score (nSPS) is 22.7. The number of unbranched alkanes of at least 4 members (excludes halogenated alkanes) is 1. The van der Waals surface area contributed by atoms with E-state index in [0.29, 0.717) is 6.42 Å². The Morgan fingerprint density at radius 3 is 2.40 bits per heavy atom. The first-order valence-corrected chi connectivity index (χ1v) is 12.8. The predicted octanol–water partition coefficient (Wildman–Crippen LogP) is 4.73. The number of thioether (sulfide) groups is 1. The van der Waals surface area contributed by atoms with Crippen molar-refractivity contribution in [2.24, 2.45) is 5.92 Å². The predicted molar refractivity (Wildman–Crippen MR) is 121 cm³/mol. The van der Waals surface area contributed by atoms with Crippen molar-refractivity contribution in [1.82, 2.24) is 4.31 Å². The molecule has 1 fully saturated rings. The van der Waals surface area contributed by atoms with Crippen LogP contribution >= 0.6 is 11.8 Å². The SMILES string of the molecule is CCCCS[C@@H]1C[C@@H](c2ccccc2)N(S(=O)(=O)c2ccc(C)cc2)C[C@H]1C(=O)O. The number of carboxylic acids is 1. The summed E-state index contributed by atoms with van der Waals surface area (Å²) in [5, 5.41) is 9.76. The second kappa shape index (κ2) is 9.98. The number of hydrogen-bond acceptors (Lipinski definition) is 4. The first-order valence-electron chi connectivity index (χ1n) is 10.3. The molecule has 2 aromatic rings. The molecule has 1 heterocycles. The van der Waals surface area contributed by atoms with Gasteiger partial charge in [-0.2, -0.15) is 16.1 Å². The maximum Gasteiger partial charge on any atom is 0.308 e. The van der Waals surface area contributed by atoms with Gasteiger partial charge in [0.15, 0.2) is 0 Å². The number of sulfonamides is 1. The van der Waals surface area contributed by atoms with E-state index in [1.54, 1.807) is 36.0 Å². The molecule has 1 aliphatic rings. The van der Waals surface area contributed by atoms with E-state index < -0.39 is 21.9 Å². The molecule has 7 heteroatoms. The largest absolute Gasteiger partial charge is 0.481 e. The molecule has 0 amide bonds. The van der Waals surface area contributed by atoms with E-state index in [2.05, 4.69) is 6.92 Å². The lowest BCUT2D eigenvalue weighted by atomic mass is 9.90. The number of aryl methyl sites for hydroxylation is 1. The van der Waals surface area contributed by atoms with Crippen LogP contribution in [-0.4, -0.2) is 41.3 Å². The Morgan fingerprint density at radius 2 is 1.80 bits per heavy atom.